The quantitative estimate of drug-likeness (QED) is 0.833. The Hall–Kier alpha value is -2.69. The number of aromatic nitrogens is 2. The van der Waals surface area contributed by atoms with Crippen molar-refractivity contribution < 1.29 is 14.6 Å². The number of carboxylic acid groups (broad SMARTS) is 1. The van der Waals surface area contributed by atoms with Gasteiger partial charge in [0.2, 0.25) is 0 Å². The molecule has 0 unspecified atom stereocenters. The van der Waals surface area contributed by atoms with Crippen LogP contribution in [0.1, 0.15) is 5.56 Å². The van der Waals surface area contributed by atoms with E-state index in [1.54, 1.807) is 12.1 Å². The fraction of sp³-hybridized carbons (Fsp3) is 0. The second kappa shape index (κ2) is 5.58. The van der Waals surface area contributed by atoms with Crippen molar-refractivity contribution in [1.82, 2.24) is 9.97 Å². The fourth-order valence-corrected chi connectivity index (χ4v) is 1.23. The highest BCUT2D eigenvalue weighted by Crippen LogP contribution is 2.16. The Bertz CT molecular complexity index is 550. The van der Waals surface area contributed by atoms with Crippen molar-refractivity contribution in [2.24, 2.45) is 0 Å². The van der Waals surface area contributed by atoms with Crippen LogP contribution in [0.5, 0.6) is 11.8 Å². The molecule has 0 saturated heterocycles. The largest absolute Gasteiger partial charge is 0.478 e. The number of carboxylic acids is 1. The van der Waals surface area contributed by atoms with Crippen LogP contribution in [-0.4, -0.2) is 21.0 Å². The molecule has 2 aromatic rings. The summed E-state index contributed by atoms with van der Waals surface area (Å²) >= 11 is 0. The summed E-state index contributed by atoms with van der Waals surface area (Å²) in [5.41, 5.74) is 0.595. The summed E-state index contributed by atoms with van der Waals surface area (Å²) in [6.45, 7) is 0. The van der Waals surface area contributed by atoms with E-state index in [0.29, 0.717) is 11.3 Å². The number of rotatable bonds is 4. The zero-order valence-electron chi connectivity index (χ0n) is 9.35. The summed E-state index contributed by atoms with van der Waals surface area (Å²) < 4.78 is 5.40. The number of ether oxygens (including phenoxy) is 1. The maximum absolute atomic E-state index is 10.3. The standard InChI is InChI=1S/C13H10N2O3/c16-12(17)7-6-10-8-14-13(15-9-10)18-11-4-2-1-3-5-11/h1-9H,(H,16,17)/b7-6+. The topological polar surface area (TPSA) is 72.3 Å². The molecule has 18 heavy (non-hydrogen) atoms. The molecule has 0 atom stereocenters. The van der Waals surface area contributed by atoms with Gasteiger partial charge in [-0.25, -0.2) is 14.8 Å². The molecule has 0 aliphatic rings. The number of hydrogen-bond donors (Lipinski definition) is 1. The normalized spacial score (nSPS) is 10.4. The molecule has 0 saturated carbocycles. The number of benzene rings is 1. The Morgan fingerprint density at radius 2 is 1.83 bits per heavy atom. The average Bonchev–Trinajstić information content (AvgIpc) is 2.39. The van der Waals surface area contributed by atoms with Crippen LogP contribution in [0.2, 0.25) is 0 Å². The molecule has 0 aliphatic carbocycles. The Kier molecular flexibility index (Phi) is 3.66. The molecule has 2 rings (SSSR count). The van der Waals surface area contributed by atoms with Gasteiger partial charge in [0.05, 0.1) is 0 Å². The average molecular weight is 242 g/mol. The van der Waals surface area contributed by atoms with Crippen molar-refractivity contribution in [3.05, 3.63) is 54.4 Å². The number of carbonyl (C=O) groups is 1. The molecule has 0 aliphatic heterocycles. The minimum atomic E-state index is -1.01. The molecule has 5 nitrogen and oxygen atoms in total. The molecule has 0 amide bonds. The molecule has 1 aromatic carbocycles. The van der Waals surface area contributed by atoms with Crippen molar-refractivity contribution in [3.63, 3.8) is 0 Å². The van der Waals surface area contributed by atoms with Gasteiger partial charge in [-0.1, -0.05) is 18.2 Å². The molecular formula is C13H10N2O3. The zero-order chi connectivity index (χ0) is 12.8. The monoisotopic (exact) mass is 242 g/mol. The molecule has 1 N–H and O–H groups in total. The van der Waals surface area contributed by atoms with Crippen LogP contribution >= 0.6 is 0 Å². The first-order valence-corrected chi connectivity index (χ1v) is 5.20. The van der Waals surface area contributed by atoms with Gasteiger partial charge in [-0.15, -0.1) is 0 Å². The number of hydrogen-bond acceptors (Lipinski definition) is 4. The summed E-state index contributed by atoms with van der Waals surface area (Å²) in [7, 11) is 0. The van der Waals surface area contributed by atoms with Gasteiger partial charge in [-0.05, 0) is 18.2 Å². The summed E-state index contributed by atoms with van der Waals surface area (Å²) in [5.74, 6) is -0.369. The summed E-state index contributed by atoms with van der Waals surface area (Å²) in [6.07, 6.45) is 5.42. The van der Waals surface area contributed by atoms with E-state index in [1.807, 2.05) is 18.2 Å². The van der Waals surface area contributed by atoms with Gasteiger partial charge < -0.3 is 9.84 Å². The summed E-state index contributed by atoms with van der Waals surface area (Å²) in [4.78, 5) is 18.3. The molecule has 5 heteroatoms. The Balaban J connectivity index is 2.06. The molecule has 1 aromatic heterocycles. The highest BCUT2D eigenvalue weighted by atomic mass is 16.5. The van der Waals surface area contributed by atoms with Crippen LogP contribution in [0.15, 0.2) is 48.8 Å². The Labute approximate surface area is 103 Å². The second-order valence-corrected chi connectivity index (χ2v) is 3.39. The van der Waals surface area contributed by atoms with E-state index in [0.717, 1.165) is 6.08 Å². The molecule has 1 heterocycles. The SMILES string of the molecule is O=C(O)/C=C/c1cnc(Oc2ccccc2)nc1. The van der Waals surface area contributed by atoms with Crippen LogP contribution in [0.3, 0.4) is 0 Å². The van der Waals surface area contributed by atoms with Gasteiger partial charge in [-0.2, -0.15) is 0 Å². The van der Waals surface area contributed by atoms with Crippen LogP contribution in [-0.2, 0) is 4.79 Å². The van der Waals surface area contributed by atoms with Crippen LogP contribution in [0, 0.1) is 0 Å². The third-order valence-corrected chi connectivity index (χ3v) is 2.02. The first kappa shape index (κ1) is 11.8. The maximum Gasteiger partial charge on any atom is 0.328 e. The van der Waals surface area contributed by atoms with Gasteiger partial charge in [0.25, 0.3) is 0 Å². The second-order valence-electron chi connectivity index (χ2n) is 3.39. The van der Waals surface area contributed by atoms with E-state index in [4.69, 9.17) is 9.84 Å². The van der Waals surface area contributed by atoms with Gasteiger partial charge in [0, 0.05) is 24.0 Å². The number of para-hydroxylation sites is 1. The lowest BCUT2D eigenvalue weighted by molar-refractivity contribution is -0.131. The minimum Gasteiger partial charge on any atom is -0.478 e. The number of nitrogens with zero attached hydrogens (tertiary/aromatic N) is 2. The first-order chi connectivity index (χ1) is 8.74. The molecule has 90 valence electrons. The lowest BCUT2D eigenvalue weighted by atomic mass is 10.3. The van der Waals surface area contributed by atoms with Crippen molar-refractivity contribution in [1.29, 1.82) is 0 Å². The van der Waals surface area contributed by atoms with Crippen LogP contribution in [0.25, 0.3) is 6.08 Å². The minimum absolute atomic E-state index is 0.216. The van der Waals surface area contributed by atoms with Crippen molar-refractivity contribution >= 4 is 12.0 Å². The van der Waals surface area contributed by atoms with E-state index < -0.39 is 5.97 Å². The Morgan fingerprint density at radius 1 is 1.17 bits per heavy atom. The van der Waals surface area contributed by atoms with E-state index in [-0.39, 0.29) is 6.01 Å². The third kappa shape index (κ3) is 3.41. The molecule has 0 radical (unpaired) electrons. The predicted octanol–water partition coefficient (Wildman–Crippen LogP) is 2.37. The smallest absolute Gasteiger partial charge is 0.328 e. The first-order valence-electron chi connectivity index (χ1n) is 5.20. The molecule has 0 fully saturated rings. The van der Waals surface area contributed by atoms with Gasteiger partial charge in [-0.3, -0.25) is 0 Å². The van der Waals surface area contributed by atoms with Gasteiger partial charge in [0.15, 0.2) is 0 Å². The van der Waals surface area contributed by atoms with E-state index in [9.17, 15) is 4.79 Å². The van der Waals surface area contributed by atoms with Crippen LogP contribution < -0.4 is 4.74 Å². The van der Waals surface area contributed by atoms with E-state index in [2.05, 4.69) is 9.97 Å². The molecule has 0 spiro atoms. The lowest BCUT2D eigenvalue weighted by Gasteiger charge is -2.02. The Morgan fingerprint density at radius 3 is 2.44 bits per heavy atom. The third-order valence-electron chi connectivity index (χ3n) is 2.02. The van der Waals surface area contributed by atoms with Crippen molar-refractivity contribution in [2.75, 3.05) is 0 Å². The summed E-state index contributed by atoms with van der Waals surface area (Å²) in [5, 5.41) is 8.47. The fourth-order valence-electron chi connectivity index (χ4n) is 1.23. The van der Waals surface area contributed by atoms with Crippen LogP contribution in [0.4, 0.5) is 0 Å². The maximum atomic E-state index is 10.3. The predicted molar refractivity (Wildman–Crippen MR) is 65.2 cm³/mol. The molecular weight excluding hydrogens is 232 g/mol. The van der Waals surface area contributed by atoms with Gasteiger partial charge in [0.1, 0.15) is 5.75 Å². The highest BCUT2D eigenvalue weighted by Gasteiger charge is 1.99. The summed E-state index contributed by atoms with van der Waals surface area (Å²) in [6, 6.07) is 9.38. The van der Waals surface area contributed by atoms with E-state index >= 15 is 0 Å². The van der Waals surface area contributed by atoms with Gasteiger partial charge >= 0.3 is 12.0 Å². The highest BCUT2D eigenvalue weighted by molar-refractivity contribution is 5.85. The zero-order valence-corrected chi connectivity index (χ0v) is 9.35. The van der Waals surface area contributed by atoms with Crippen molar-refractivity contribution in [2.45, 2.75) is 0 Å². The lowest BCUT2D eigenvalue weighted by Crippen LogP contribution is -1.92. The van der Waals surface area contributed by atoms with Crippen molar-refractivity contribution in [3.8, 4) is 11.8 Å². The molecule has 0 bridgehead atoms. The van der Waals surface area contributed by atoms with E-state index in [1.165, 1.54) is 18.5 Å². The number of aliphatic carboxylic acids is 1.